The molecule has 0 radical (unpaired) electrons. The van der Waals surface area contributed by atoms with E-state index in [0.29, 0.717) is 5.92 Å². The molecule has 0 amide bonds. The molecule has 18 heavy (non-hydrogen) atoms. The number of likely N-dealkylation sites (N-methyl/N-ethyl adjacent to an activating group) is 1. The summed E-state index contributed by atoms with van der Waals surface area (Å²) in [4.78, 5) is 0. The Hall–Kier alpha value is -0.570. The predicted octanol–water partition coefficient (Wildman–Crippen LogP) is 3.85. The molecule has 1 N–H and O–H groups in total. The van der Waals surface area contributed by atoms with E-state index in [0.717, 1.165) is 44.2 Å². The third-order valence-electron chi connectivity index (χ3n) is 2.94. The highest BCUT2D eigenvalue weighted by molar-refractivity contribution is 6.30. The Morgan fingerprint density at radius 3 is 2.50 bits per heavy atom. The number of nitrogens with one attached hydrogen (secondary N) is 1. The summed E-state index contributed by atoms with van der Waals surface area (Å²) in [5, 5.41) is 4.21. The summed E-state index contributed by atoms with van der Waals surface area (Å²) in [7, 11) is 0. The van der Waals surface area contributed by atoms with Crippen molar-refractivity contribution in [2.45, 2.75) is 32.6 Å². The standard InChI is InChI=1S/C15H24ClNO/c1-3-10-18-11-9-14(12-17-4-2)13-5-7-15(16)8-6-13/h5-8,14,17H,3-4,9-12H2,1-2H3. The normalized spacial score (nSPS) is 12.6. The zero-order chi connectivity index (χ0) is 13.2. The van der Waals surface area contributed by atoms with Gasteiger partial charge in [-0.2, -0.15) is 0 Å². The minimum Gasteiger partial charge on any atom is -0.381 e. The summed E-state index contributed by atoms with van der Waals surface area (Å²) in [6, 6.07) is 8.15. The number of hydrogen-bond acceptors (Lipinski definition) is 2. The highest BCUT2D eigenvalue weighted by Gasteiger charge is 2.10. The zero-order valence-electron chi connectivity index (χ0n) is 11.4. The maximum Gasteiger partial charge on any atom is 0.0472 e. The van der Waals surface area contributed by atoms with Crippen molar-refractivity contribution < 1.29 is 4.74 Å². The molecule has 1 atom stereocenters. The lowest BCUT2D eigenvalue weighted by Crippen LogP contribution is -2.22. The van der Waals surface area contributed by atoms with Crippen LogP contribution in [0, 0.1) is 0 Å². The molecular formula is C15H24ClNO. The fourth-order valence-electron chi connectivity index (χ4n) is 1.91. The molecule has 0 aliphatic heterocycles. The van der Waals surface area contributed by atoms with Crippen molar-refractivity contribution in [2.75, 3.05) is 26.3 Å². The molecule has 1 rings (SSSR count). The molecule has 0 aliphatic rings. The second-order valence-corrected chi connectivity index (χ2v) is 4.89. The van der Waals surface area contributed by atoms with Crippen LogP contribution in [0.15, 0.2) is 24.3 Å². The summed E-state index contributed by atoms with van der Waals surface area (Å²) >= 11 is 5.93. The van der Waals surface area contributed by atoms with Gasteiger partial charge in [-0.05, 0) is 43.0 Å². The van der Waals surface area contributed by atoms with Gasteiger partial charge in [0.15, 0.2) is 0 Å². The molecule has 102 valence electrons. The van der Waals surface area contributed by atoms with Crippen LogP contribution in [0.2, 0.25) is 5.02 Å². The molecule has 0 aromatic heterocycles. The van der Waals surface area contributed by atoms with Crippen molar-refractivity contribution in [3.8, 4) is 0 Å². The largest absolute Gasteiger partial charge is 0.381 e. The molecule has 1 aromatic carbocycles. The Morgan fingerprint density at radius 1 is 1.17 bits per heavy atom. The fourth-order valence-corrected chi connectivity index (χ4v) is 2.04. The molecule has 0 spiro atoms. The van der Waals surface area contributed by atoms with Crippen LogP contribution >= 0.6 is 11.6 Å². The van der Waals surface area contributed by atoms with E-state index in [-0.39, 0.29) is 0 Å². The van der Waals surface area contributed by atoms with E-state index in [9.17, 15) is 0 Å². The molecule has 1 aromatic rings. The lowest BCUT2D eigenvalue weighted by molar-refractivity contribution is 0.127. The van der Waals surface area contributed by atoms with E-state index >= 15 is 0 Å². The van der Waals surface area contributed by atoms with Gasteiger partial charge in [-0.25, -0.2) is 0 Å². The average Bonchev–Trinajstić information content (AvgIpc) is 2.39. The summed E-state index contributed by atoms with van der Waals surface area (Å²) in [6.07, 6.45) is 2.13. The number of halogens is 1. The van der Waals surface area contributed by atoms with Gasteiger partial charge in [0.2, 0.25) is 0 Å². The lowest BCUT2D eigenvalue weighted by Gasteiger charge is -2.18. The SMILES string of the molecule is CCCOCCC(CNCC)c1ccc(Cl)cc1. The molecule has 3 heteroatoms. The van der Waals surface area contributed by atoms with Crippen LogP contribution in [0.25, 0.3) is 0 Å². The third-order valence-corrected chi connectivity index (χ3v) is 3.19. The Kier molecular flexibility index (Phi) is 8.06. The summed E-state index contributed by atoms with van der Waals surface area (Å²) in [5.74, 6) is 0.499. The molecule has 0 heterocycles. The smallest absolute Gasteiger partial charge is 0.0472 e. The van der Waals surface area contributed by atoms with Crippen molar-refractivity contribution in [1.29, 1.82) is 0 Å². The Bertz CT molecular complexity index is 313. The molecule has 0 fully saturated rings. The first kappa shape index (κ1) is 15.5. The van der Waals surface area contributed by atoms with Crippen LogP contribution in [0.1, 0.15) is 38.2 Å². The topological polar surface area (TPSA) is 21.3 Å². The van der Waals surface area contributed by atoms with Crippen molar-refractivity contribution in [2.24, 2.45) is 0 Å². The van der Waals surface area contributed by atoms with E-state index in [1.165, 1.54) is 5.56 Å². The third kappa shape index (κ3) is 5.85. The summed E-state index contributed by atoms with van der Waals surface area (Å²) < 4.78 is 5.58. The van der Waals surface area contributed by atoms with Gasteiger partial charge >= 0.3 is 0 Å². The van der Waals surface area contributed by atoms with Crippen LogP contribution in [-0.4, -0.2) is 26.3 Å². The highest BCUT2D eigenvalue weighted by Crippen LogP contribution is 2.21. The first-order valence-corrected chi connectivity index (χ1v) is 7.19. The van der Waals surface area contributed by atoms with Gasteiger partial charge < -0.3 is 10.1 Å². The Labute approximate surface area is 116 Å². The van der Waals surface area contributed by atoms with E-state index in [1.807, 2.05) is 12.1 Å². The molecule has 0 saturated carbocycles. The number of benzene rings is 1. The summed E-state index contributed by atoms with van der Waals surface area (Å²) in [6.45, 7) is 7.94. The first-order valence-electron chi connectivity index (χ1n) is 6.81. The predicted molar refractivity (Wildman–Crippen MR) is 78.5 cm³/mol. The van der Waals surface area contributed by atoms with E-state index in [1.54, 1.807) is 0 Å². The van der Waals surface area contributed by atoms with Gasteiger partial charge in [-0.15, -0.1) is 0 Å². The van der Waals surface area contributed by atoms with Crippen molar-refractivity contribution in [1.82, 2.24) is 5.32 Å². The Morgan fingerprint density at radius 2 is 1.89 bits per heavy atom. The minimum absolute atomic E-state index is 0.499. The van der Waals surface area contributed by atoms with Crippen LogP contribution in [0.5, 0.6) is 0 Å². The molecule has 0 aliphatic carbocycles. The van der Waals surface area contributed by atoms with Crippen molar-refractivity contribution in [3.05, 3.63) is 34.9 Å². The highest BCUT2D eigenvalue weighted by atomic mass is 35.5. The van der Waals surface area contributed by atoms with Crippen LogP contribution in [0.3, 0.4) is 0 Å². The average molecular weight is 270 g/mol. The van der Waals surface area contributed by atoms with E-state index in [2.05, 4.69) is 31.3 Å². The van der Waals surface area contributed by atoms with Crippen LogP contribution < -0.4 is 5.32 Å². The number of hydrogen-bond donors (Lipinski definition) is 1. The van der Waals surface area contributed by atoms with Gasteiger partial charge in [-0.1, -0.05) is 37.6 Å². The molecule has 0 bridgehead atoms. The van der Waals surface area contributed by atoms with Crippen LogP contribution in [-0.2, 0) is 4.74 Å². The van der Waals surface area contributed by atoms with Crippen LogP contribution in [0.4, 0.5) is 0 Å². The van der Waals surface area contributed by atoms with Gasteiger partial charge in [0.1, 0.15) is 0 Å². The van der Waals surface area contributed by atoms with Gasteiger partial charge in [0, 0.05) is 24.8 Å². The monoisotopic (exact) mass is 269 g/mol. The van der Waals surface area contributed by atoms with Gasteiger partial charge in [0.25, 0.3) is 0 Å². The van der Waals surface area contributed by atoms with Crippen molar-refractivity contribution in [3.63, 3.8) is 0 Å². The van der Waals surface area contributed by atoms with Crippen molar-refractivity contribution >= 4 is 11.6 Å². The van der Waals surface area contributed by atoms with Gasteiger partial charge in [-0.3, -0.25) is 0 Å². The molecule has 0 saturated heterocycles. The summed E-state index contributed by atoms with van der Waals surface area (Å²) in [5.41, 5.74) is 1.33. The maximum absolute atomic E-state index is 5.93. The Balaban J connectivity index is 2.51. The molecular weight excluding hydrogens is 246 g/mol. The fraction of sp³-hybridized carbons (Fsp3) is 0.600. The van der Waals surface area contributed by atoms with E-state index < -0.39 is 0 Å². The van der Waals surface area contributed by atoms with E-state index in [4.69, 9.17) is 16.3 Å². The zero-order valence-corrected chi connectivity index (χ0v) is 12.2. The second-order valence-electron chi connectivity index (χ2n) is 4.46. The molecule has 1 unspecified atom stereocenters. The lowest BCUT2D eigenvalue weighted by atomic mass is 9.96. The van der Waals surface area contributed by atoms with Gasteiger partial charge in [0.05, 0.1) is 0 Å². The number of rotatable bonds is 9. The molecule has 2 nitrogen and oxygen atoms in total. The number of ether oxygens (including phenoxy) is 1. The first-order chi connectivity index (χ1) is 8.77. The minimum atomic E-state index is 0.499. The second kappa shape index (κ2) is 9.37. The maximum atomic E-state index is 5.93. The quantitative estimate of drug-likeness (QED) is 0.688.